The molecule has 1 aromatic heterocycles. The maximum absolute atomic E-state index is 14.4. The molecule has 2 aromatic carbocycles. The van der Waals surface area contributed by atoms with Crippen LogP contribution in [0.25, 0.3) is 11.3 Å². The predicted molar refractivity (Wildman–Crippen MR) is 120 cm³/mol. The smallest absolute Gasteiger partial charge is 0.351 e. The van der Waals surface area contributed by atoms with Crippen molar-refractivity contribution in [1.29, 1.82) is 0 Å². The molecule has 2 heterocycles. The van der Waals surface area contributed by atoms with Crippen LogP contribution in [0, 0.1) is 11.6 Å². The molecule has 0 spiro atoms. The molecule has 1 saturated heterocycles. The summed E-state index contributed by atoms with van der Waals surface area (Å²) in [5.74, 6) is -1.88. The Labute approximate surface area is 203 Å². The molecule has 12 heteroatoms. The number of alkyl halides is 3. The molecule has 1 fully saturated rings. The van der Waals surface area contributed by atoms with E-state index in [-0.39, 0.29) is 35.7 Å². The predicted octanol–water partition coefficient (Wildman–Crippen LogP) is 4.52. The fourth-order valence-corrected chi connectivity index (χ4v) is 5.59. The first kappa shape index (κ1) is 25.7. The van der Waals surface area contributed by atoms with Crippen LogP contribution in [0.3, 0.4) is 0 Å². The zero-order valence-electron chi connectivity index (χ0n) is 18.6. The number of nitrogens with one attached hydrogen (secondary N) is 1. The molecule has 0 bridgehead atoms. The number of carbonyl (C=O) groups excluding carboxylic acids is 1. The average Bonchev–Trinajstić information content (AvgIpc) is 3.34. The Morgan fingerprint density at radius 2 is 1.78 bits per heavy atom. The lowest BCUT2D eigenvalue weighted by atomic mass is 10.1. The molecule has 1 aliphatic heterocycles. The van der Waals surface area contributed by atoms with Crippen molar-refractivity contribution in [2.24, 2.45) is 0 Å². The van der Waals surface area contributed by atoms with Gasteiger partial charge in [0.15, 0.2) is 0 Å². The summed E-state index contributed by atoms with van der Waals surface area (Å²) in [6, 6.07) is 9.08. The molecule has 0 radical (unpaired) electrons. The Bertz CT molecular complexity index is 1360. The third-order valence-electron chi connectivity index (χ3n) is 5.81. The molecule has 0 unspecified atom stereocenters. The summed E-state index contributed by atoms with van der Waals surface area (Å²) in [5, 5.41) is 2.54. The van der Waals surface area contributed by atoms with E-state index >= 15 is 0 Å². The fourth-order valence-electron chi connectivity index (χ4n) is 3.93. The van der Waals surface area contributed by atoms with Gasteiger partial charge in [-0.1, -0.05) is 0 Å². The molecule has 0 aliphatic carbocycles. The highest BCUT2D eigenvalue weighted by molar-refractivity contribution is 7.89. The first-order valence-corrected chi connectivity index (χ1v) is 12.3. The monoisotopic (exact) mass is 525 g/mol. The number of halogens is 5. The summed E-state index contributed by atoms with van der Waals surface area (Å²) in [6.45, 7) is -0.179. The van der Waals surface area contributed by atoms with Crippen molar-refractivity contribution in [3.8, 4) is 11.3 Å². The molecule has 1 aliphatic rings. The Morgan fingerprint density at radius 1 is 1.06 bits per heavy atom. The van der Waals surface area contributed by atoms with Crippen molar-refractivity contribution >= 4 is 15.9 Å². The largest absolute Gasteiger partial charge is 0.417 e. The minimum absolute atomic E-state index is 0.0495. The van der Waals surface area contributed by atoms with Crippen molar-refractivity contribution in [3.05, 3.63) is 83.6 Å². The van der Waals surface area contributed by atoms with Crippen LogP contribution in [0.1, 0.15) is 24.0 Å². The SMILES string of the molecule is O=C(NCc1cc(-c2ccc(C(F)(F)F)cn2)ccc1F)[C@@H]1CCCN1S(=O)(=O)c1ccc(F)cc1. The zero-order chi connectivity index (χ0) is 26.1. The molecule has 4 rings (SSSR count). The number of hydrogen-bond donors (Lipinski definition) is 1. The summed E-state index contributed by atoms with van der Waals surface area (Å²) in [5.41, 5.74) is -0.343. The van der Waals surface area contributed by atoms with Gasteiger partial charge in [0.1, 0.15) is 17.7 Å². The number of carbonyl (C=O) groups is 1. The highest BCUT2D eigenvalue weighted by Crippen LogP contribution is 2.30. The second-order valence-electron chi connectivity index (χ2n) is 8.18. The molecule has 0 saturated carbocycles. The van der Waals surface area contributed by atoms with Crippen LogP contribution in [0.4, 0.5) is 22.0 Å². The van der Waals surface area contributed by atoms with E-state index < -0.39 is 45.3 Å². The van der Waals surface area contributed by atoms with E-state index in [4.69, 9.17) is 0 Å². The van der Waals surface area contributed by atoms with Crippen LogP contribution in [0.5, 0.6) is 0 Å². The van der Waals surface area contributed by atoms with Gasteiger partial charge in [-0.15, -0.1) is 0 Å². The Hall–Kier alpha value is -3.38. The van der Waals surface area contributed by atoms with Gasteiger partial charge in [-0.05, 0) is 67.4 Å². The van der Waals surface area contributed by atoms with Crippen molar-refractivity contribution < 1.29 is 35.2 Å². The van der Waals surface area contributed by atoms with Gasteiger partial charge in [0, 0.05) is 30.4 Å². The van der Waals surface area contributed by atoms with E-state index in [2.05, 4.69) is 10.3 Å². The fraction of sp³-hybridized carbons (Fsp3) is 0.250. The van der Waals surface area contributed by atoms with Crippen molar-refractivity contribution in [1.82, 2.24) is 14.6 Å². The molecule has 190 valence electrons. The van der Waals surface area contributed by atoms with Crippen molar-refractivity contribution in [2.45, 2.75) is 36.5 Å². The summed E-state index contributed by atoms with van der Waals surface area (Å²) >= 11 is 0. The van der Waals surface area contributed by atoms with E-state index in [1.165, 1.54) is 12.1 Å². The molecular weight excluding hydrogens is 505 g/mol. The second-order valence-corrected chi connectivity index (χ2v) is 10.1. The molecule has 6 nitrogen and oxygen atoms in total. The first-order valence-electron chi connectivity index (χ1n) is 10.8. The average molecular weight is 525 g/mol. The van der Waals surface area contributed by atoms with Crippen LogP contribution in [0.15, 0.2) is 65.7 Å². The van der Waals surface area contributed by atoms with Crippen LogP contribution in [-0.2, 0) is 27.5 Å². The number of sulfonamides is 1. The van der Waals surface area contributed by atoms with Gasteiger partial charge in [-0.3, -0.25) is 9.78 Å². The minimum atomic E-state index is -4.54. The number of nitrogens with zero attached hydrogens (tertiary/aromatic N) is 2. The van der Waals surface area contributed by atoms with Crippen LogP contribution < -0.4 is 5.32 Å². The second kappa shape index (κ2) is 9.94. The van der Waals surface area contributed by atoms with E-state index in [1.54, 1.807) is 0 Å². The number of pyridine rings is 1. The lowest BCUT2D eigenvalue weighted by Crippen LogP contribution is -2.45. The van der Waals surface area contributed by atoms with Crippen molar-refractivity contribution in [3.63, 3.8) is 0 Å². The lowest BCUT2D eigenvalue weighted by Gasteiger charge is -2.23. The number of aromatic nitrogens is 1. The molecule has 3 aromatic rings. The molecule has 36 heavy (non-hydrogen) atoms. The highest BCUT2D eigenvalue weighted by Gasteiger charge is 2.39. The van der Waals surface area contributed by atoms with Crippen LogP contribution in [-0.4, -0.2) is 36.2 Å². The van der Waals surface area contributed by atoms with E-state index in [1.807, 2.05) is 0 Å². The standard InChI is InChI=1S/C24H20F5N3O3S/c25-18-5-7-19(8-6-18)36(34,35)32-11-1-2-22(32)23(33)31-13-16-12-15(3-9-20(16)26)21-10-4-17(14-30-21)24(27,28)29/h3-10,12,14,22H,1-2,11,13H2,(H,31,33)/t22-/m0/s1. The number of rotatable bonds is 6. The topological polar surface area (TPSA) is 79.4 Å². The quantitative estimate of drug-likeness (QED) is 0.481. The Kier molecular flexibility index (Phi) is 7.10. The van der Waals surface area contributed by atoms with Gasteiger partial charge in [-0.25, -0.2) is 17.2 Å². The normalized spacial score (nSPS) is 16.8. The van der Waals surface area contributed by atoms with Gasteiger partial charge in [0.05, 0.1) is 16.2 Å². The van der Waals surface area contributed by atoms with Gasteiger partial charge in [0.2, 0.25) is 15.9 Å². The third-order valence-corrected chi connectivity index (χ3v) is 7.73. The van der Waals surface area contributed by atoms with Gasteiger partial charge >= 0.3 is 6.18 Å². The molecule has 1 N–H and O–H groups in total. The van der Waals surface area contributed by atoms with Crippen LogP contribution >= 0.6 is 0 Å². The maximum atomic E-state index is 14.4. The maximum Gasteiger partial charge on any atom is 0.417 e. The third kappa shape index (κ3) is 5.39. The Morgan fingerprint density at radius 3 is 2.42 bits per heavy atom. The minimum Gasteiger partial charge on any atom is -0.351 e. The van der Waals surface area contributed by atoms with E-state index in [0.29, 0.717) is 18.2 Å². The van der Waals surface area contributed by atoms with Gasteiger partial charge in [0.25, 0.3) is 0 Å². The highest BCUT2D eigenvalue weighted by atomic mass is 32.2. The summed E-state index contributed by atoms with van der Waals surface area (Å²) < 4.78 is 92.9. The molecule has 1 amide bonds. The number of amides is 1. The number of benzene rings is 2. The number of hydrogen-bond acceptors (Lipinski definition) is 4. The van der Waals surface area contributed by atoms with E-state index in [9.17, 15) is 35.2 Å². The summed E-state index contributed by atoms with van der Waals surface area (Å²) in [4.78, 5) is 16.5. The van der Waals surface area contributed by atoms with Gasteiger partial charge in [-0.2, -0.15) is 17.5 Å². The lowest BCUT2D eigenvalue weighted by molar-refractivity contribution is -0.137. The molecular formula is C24H20F5N3O3S. The first-order chi connectivity index (χ1) is 17.0. The van der Waals surface area contributed by atoms with Gasteiger partial charge < -0.3 is 5.32 Å². The van der Waals surface area contributed by atoms with Crippen molar-refractivity contribution in [2.75, 3.05) is 6.54 Å². The summed E-state index contributed by atoms with van der Waals surface area (Å²) in [6.07, 6.45) is -3.18. The Balaban J connectivity index is 1.48. The zero-order valence-corrected chi connectivity index (χ0v) is 19.4. The van der Waals surface area contributed by atoms with Crippen LogP contribution in [0.2, 0.25) is 0 Å². The summed E-state index contributed by atoms with van der Waals surface area (Å²) in [7, 11) is -4.05. The van der Waals surface area contributed by atoms with E-state index in [0.717, 1.165) is 46.8 Å². The molecule has 1 atom stereocenters.